The number of urea groups is 1. The molecule has 154 valence electrons. The van der Waals surface area contributed by atoms with Gasteiger partial charge in [-0.3, -0.25) is 4.79 Å². The van der Waals surface area contributed by atoms with Crippen LogP contribution >= 0.6 is 0 Å². The number of amides is 2. The Hall–Kier alpha value is -2.15. The number of ketones is 1. The van der Waals surface area contributed by atoms with Crippen LogP contribution in [0.4, 0.5) is 10.6 Å². The van der Waals surface area contributed by atoms with Gasteiger partial charge in [0.2, 0.25) is 0 Å². The fourth-order valence-corrected chi connectivity index (χ4v) is 4.01. The maximum Gasteiger partial charge on any atom is 0.317 e. The molecule has 3 heterocycles. The summed E-state index contributed by atoms with van der Waals surface area (Å²) >= 11 is 0. The molecule has 0 atom stereocenters. The number of aliphatic hydroxyl groups is 1. The number of hydrogen-bond donors (Lipinski definition) is 3. The Morgan fingerprint density at radius 3 is 2.82 bits per heavy atom. The Bertz CT molecular complexity index is 699. The van der Waals surface area contributed by atoms with Gasteiger partial charge in [0, 0.05) is 38.3 Å². The molecule has 0 bridgehead atoms. The van der Waals surface area contributed by atoms with Gasteiger partial charge in [-0.15, -0.1) is 0 Å². The lowest BCUT2D eigenvalue weighted by Crippen LogP contribution is -2.50. The van der Waals surface area contributed by atoms with E-state index in [9.17, 15) is 14.7 Å². The van der Waals surface area contributed by atoms with E-state index in [4.69, 9.17) is 4.98 Å². The number of pyridine rings is 1. The second-order valence-corrected chi connectivity index (χ2v) is 8.12. The summed E-state index contributed by atoms with van der Waals surface area (Å²) in [6.45, 7) is 4.10. The third-order valence-electron chi connectivity index (χ3n) is 5.65. The highest BCUT2D eigenvalue weighted by Gasteiger charge is 2.34. The maximum absolute atomic E-state index is 12.3. The third kappa shape index (κ3) is 5.67. The van der Waals surface area contributed by atoms with Crippen LogP contribution in [-0.2, 0) is 17.6 Å². The van der Waals surface area contributed by atoms with Crippen molar-refractivity contribution < 1.29 is 14.7 Å². The molecule has 7 nitrogen and oxygen atoms in total. The average Bonchev–Trinajstić information content (AvgIpc) is 2.67. The topological polar surface area (TPSA) is 94.6 Å². The Morgan fingerprint density at radius 2 is 2.07 bits per heavy atom. The molecular formula is C21H32N4O3. The van der Waals surface area contributed by atoms with E-state index in [-0.39, 0.29) is 18.2 Å². The molecule has 1 aromatic heterocycles. The van der Waals surface area contributed by atoms with Gasteiger partial charge in [0.05, 0.1) is 5.60 Å². The molecular weight excluding hydrogens is 356 g/mol. The van der Waals surface area contributed by atoms with Crippen LogP contribution in [-0.4, -0.2) is 58.6 Å². The first-order valence-electron chi connectivity index (χ1n) is 10.4. The smallest absolute Gasteiger partial charge is 0.317 e. The molecule has 0 spiro atoms. The highest BCUT2D eigenvalue weighted by Crippen LogP contribution is 2.26. The molecule has 28 heavy (non-hydrogen) atoms. The van der Waals surface area contributed by atoms with Crippen LogP contribution in [0.25, 0.3) is 0 Å². The molecule has 3 N–H and O–H groups in total. The number of carbonyl (C=O) groups is 2. The number of rotatable bonds is 7. The summed E-state index contributed by atoms with van der Waals surface area (Å²) in [7, 11) is 0. The summed E-state index contributed by atoms with van der Waals surface area (Å²) in [5, 5.41) is 16.7. The van der Waals surface area contributed by atoms with E-state index in [1.807, 2.05) is 0 Å². The van der Waals surface area contributed by atoms with Gasteiger partial charge in [-0.25, -0.2) is 9.78 Å². The number of aromatic nitrogens is 1. The van der Waals surface area contributed by atoms with Gasteiger partial charge in [-0.05, 0) is 63.5 Å². The van der Waals surface area contributed by atoms with Crippen LogP contribution in [0.1, 0.15) is 56.7 Å². The Labute approximate surface area is 166 Å². The molecule has 0 aliphatic carbocycles. The van der Waals surface area contributed by atoms with Crippen molar-refractivity contribution in [2.75, 3.05) is 31.5 Å². The number of nitrogens with one attached hydrogen (secondary N) is 2. The summed E-state index contributed by atoms with van der Waals surface area (Å²) in [5.74, 6) is 1.02. The van der Waals surface area contributed by atoms with E-state index < -0.39 is 5.60 Å². The highest BCUT2D eigenvalue weighted by molar-refractivity contribution is 5.77. The number of Topliss-reactive ketones (excluding diaryl/α,β-unsaturated/α-hetero) is 1. The minimum absolute atomic E-state index is 0.00963. The minimum atomic E-state index is -0.945. The minimum Gasteiger partial charge on any atom is -0.389 e. The van der Waals surface area contributed by atoms with Crippen LogP contribution in [0.3, 0.4) is 0 Å². The summed E-state index contributed by atoms with van der Waals surface area (Å²) in [5.41, 5.74) is 1.46. The second-order valence-electron chi connectivity index (χ2n) is 8.12. The molecule has 0 aromatic carbocycles. The number of nitrogens with zero attached hydrogens (tertiary/aromatic N) is 2. The van der Waals surface area contributed by atoms with Crippen molar-refractivity contribution in [2.45, 2.75) is 63.9 Å². The van der Waals surface area contributed by atoms with Gasteiger partial charge < -0.3 is 20.6 Å². The molecule has 2 amide bonds. The van der Waals surface area contributed by atoms with E-state index in [2.05, 4.69) is 22.8 Å². The van der Waals surface area contributed by atoms with Gasteiger partial charge in [0.1, 0.15) is 11.6 Å². The first kappa shape index (κ1) is 20.6. The molecule has 0 unspecified atom stereocenters. The number of likely N-dealkylation sites (tertiary alicyclic amines) is 1. The Balaban J connectivity index is 1.32. The van der Waals surface area contributed by atoms with Crippen molar-refractivity contribution in [2.24, 2.45) is 0 Å². The fourth-order valence-electron chi connectivity index (χ4n) is 4.01. The van der Waals surface area contributed by atoms with Crippen molar-refractivity contribution in [1.82, 2.24) is 15.2 Å². The SMILES string of the molecule is CC(=O)CC1(O)CCN(C(=O)NCCCCc2ccc3c(n2)NCCC3)CC1. The highest BCUT2D eigenvalue weighted by atomic mass is 16.3. The zero-order valence-electron chi connectivity index (χ0n) is 16.8. The predicted molar refractivity (Wildman–Crippen MR) is 108 cm³/mol. The molecule has 1 saturated heterocycles. The summed E-state index contributed by atoms with van der Waals surface area (Å²) in [6.07, 6.45) is 6.15. The van der Waals surface area contributed by atoms with Crippen molar-refractivity contribution in [3.05, 3.63) is 23.4 Å². The van der Waals surface area contributed by atoms with E-state index in [0.717, 1.165) is 43.7 Å². The van der Waals surface area contributed by atoms with E-state index in [1.165, 1.54) is 18.9 Å². The quantitative estimate of drug-likeness (QED) is 0.623. The summed E-state index contributed by atoms with van der Waals surface area (Å²) < 4.78 is 0. The zero-order valence-corrected chi connectivity index (χ0v) is 16.8. The van der Waals surface area contributed by atoms with Gasteiger partial charge in [0.15, 0.2) is 0 Å². The van der Waals surface area contributed by atoms with Crippen molar-refractivity contribution >= 4 is 17.6 Å². The lowest BCUT2D eigenvalue weighted by Gasteiger charge is -2.37. The molecule has 0 radical (unpaired) electrons. The van der Waals surface area contributed by atoms with Crippen LogP contribution in [0.15, 0.2) is 12.1 Å². The number of hydrogen-bond acceptors (Lipinski definition) is 5. The molecule has 3 rings (SSSR count). The zero-order chi connectivity index (χ0) is 20.0. The molecule has 0 saturated carbocycles. The number of anilines is 1. The number of piperidine rings is 1. The van der Waals surface area contributed by atoms with Gasteiger partial charge in [0.25, 0.3) is 0 Å². The van der Waals surface area contributed by atoms with E-state index in [1.54, 1.807) is 4.90 Å². The maximum atomic E-state index is 12.3. The normalized spacial score (nSPS) is 18.1. The molecule has 2 aliphatic heterocycles. The first-order chi connectivity index (χ1) is 13.5. The third-order valence-corrected chi connectivity index (χ3v) is 5.65. The number of unbranched alkanes of at least 4 members (excludes halogenated alkanes) is 1. The number of aryl methyl sites for hydroxylation is 2. The number of carbonyl (C=O) groups excluding carboxylic acids is 2. The standard InChI is InChI=1S/C21H32N4O3/c1-16(26)15-21(28)9-13-25(14-10-21)20(27)23-11-3-2-6-18-8-7-17-5-4-12-22-19(17)24-18/h7-8,28H,2-6,9-15H2,1H3,(H,22,24)(H,23,27). The van der Waals surface area contributed by atoms with Crippen molar-refractivity contribution in [3.63, 3.8) is 0 Å². The Morgan fingerprint density at radius 1 is 1.29 bits per heavy atom. The number of fused-ring (bicyclic) bond motifs is 1. The molecule has 7 heteroatoms. The van der Waals surface area contributed by atoms with Crippen LogP contribution in [0.2, 0.25) is 0 Å². The lowest BCUT2D eigenvalue weighted by molar-refractivity contribution is -0.123. The molecule has 1 fully saturated rings. The summed E-state index contributed by atoms with van der Waals surface area (Å²) in [6, 6.07) is 4.20. The van der Waals surface area contributed by atoms with Crippen LogP contribution in [0.5, 0.6) is 0 Å². The molecule has 2 aliphatic rings. The van der Waals surface area contributed by atoms with Gasteiger partial charge in [-0.2, -0.15) is 0 Å². The summed E-state index contributed by atoms with van der Waals surface area (Å²) in [4.78, 5) is 29.9. The largest absolute Gasteiger partial charge is 0.389 e. The fraction of sp³-hybridized carbons (Fsp3) is 0.667. The lowest BCUT2D eigenvalue weighted by atomic mass is 9.87. The van der Waals surface area contributed by atoms with Crippen molar-refractivity contribution in [1.29, 1.82) is 0 Å². The van der Waals surface area contributed by atoms with Crippen LogP contribution in [0, 0.1) is 0 Å². The average molecular weight is 389 g/mol. The van der Waals surface area contributed by atoms with E-state index >= 15 is 0 Å². The van der Waals surface area contributed by atoms with Gasteiger partial charge in [-0.1, -0.05) is 6.07 Å². The molecule has 1 aromatic rings. The first-order valence-corrected chi connectivity index (χ1v) is 10.4. The Kier molecular flexibility index (Phi) is 6.88. The van der Waals surface area contributed by atoms with Crippen LogP contribution < -0.4 is 10.6 Å². The van der Waals surface area contributed by atoms with Gasteiger partial charge >= 0.3 is 6.03 Å². The van der Waals surface area contributed by atoms with Crippen molar-refractivity contribution in [3.8, 4) is 0 Å². The monoisotopic (exact) mass is 388 g/mol. The van der Waals surface area contributed by atoms with E-state index in [0.29, 0.717) is 32.5 Å². The predicted octanol–water partition coefficient (Wildman–Crippen LogP) is 2.28. The second kappa shape index (κ2) is 9.37.